The van der Waals surface area contributed by atoms with Gasteiger partial charge < -0.3 is 9.47 Å². The van der Waals surface area contributed by atoms with Gasteiger partial charge in [-0.2, -0.15) is 13.2 Å². The van der Waals surface area contributed by atoms with Crippen molar-refractivity contribution in [1.29, 1.82) is 0 Å². The topological polar surface area (TPSA) is 80.7 Å². The summed E-state index contributed by atoms with van der Waals surface area (Å²) in [7, 11) is 1.85. The first-order chi connectivity index (χ1) is 20.0. The van der Waals surface area contributed by atoms with Crippen molar-refractivity contribution in [3.63, 3.8) is 0 Å². The molecule has 6 rings (SSSR count). The second-order valence-corrected chi connectivity index (χ2v) is 11.8. The molecule has 0 bridgehead atoms. The summed E-state index contributed by atoms with van der Waals surface area (Å²) in [5.41, 5.74) is 0.177. The monoisotopic (exact) mass is 581 g/mol. The number of aryl methyl sites for hydroxylation is 1. The molecule has 5 heterocycles. The summed E-state index contributed by atoms with van der Waals surface area (Å²) in [6.45, 7) is 6.79. The first-order valence-electron chi connectivity index (χ1n) is 14.3. The number of pyridine rings is 1. The lowest BCUT2D eigenvalue weighted by Gasteiger charge is -2.42. The predicted octanol–water partition coefficient (Wildman–Crippen LogP) is 4.08. The van der Waals surface area contributed by atoms with Gasteiger partial charge in [-0.05, 0) is 54.6 Å². The summed E-state index contributed by atoms with van der Waals surface area (Å²) in [6.07, 6.45) is 1.91. The molecule has 1 aromatic carbocycles. The van der Waals surface area contributed by atoms with Crippen molar-refractivity contribution in [3.05, 3.63) is 82.1 Å². The molecule has 42 heavy (non-hydrogen) atoms. The minimum atomic E-state index is -4.62. The van der Waals surface area contributed by atoms with Crippen molar-refractivity contribution in [2.24, 2.45) is 18.9 Å². The van der Waals surface area contributed by atoms with E-state index in [0.717, 1.165) is 35.9 Å². The number of alkyl halides is 3. The van der Waals surface area contributed by atoms with Crippen molar-refractivity contribution in [1.82, 2.24) is 33.5 Å². The normalized spacial score (nSPS) is 19.3. The molecular formula is C30H34F3N7O2. The fourth-order valence-electron chi connectivity index (χ4n) is 6.49. The van der Waals surface area contributed by atoms with Crippen LogP contribution in [0, 0.1) is 11.8 Å². The van der Waals surface area contributed by atoms with Crippen molar-refractivity contribution in [2.45, 2.75) is 45.3 Å². The lowest BCUT2D eigenvalue weighted by Crippen LogP contribution is -2.51. The summed E-state index contributed by atoms with van der Waals surface area (Å²) in [6, 6.07) is 8.41. The number of imidazole rings is 1. The van der Waals surface area contributed by atoms with Crippen molar-refractivity contribution < 1.29 is 18.0 Å². The predicted molar refractivity (Wildman–Crippen MR) is 150 cm³/mol. The number of benzene rings is 1. The second kappa shape index (κ2) is 10.7. The number of aromatic nitrogens is 5. The maximum Gasteiger partial charge on any atom is 0.418 e. The molecule has 0 saturated carbocycles. The molecular weight excluding hydrogens is 547 g/mol. The Labute approximate surface area is 241 Å². The average Bonchev–Trinajstić information content (AvgIpc) is 3.47. The van der Waals surface area contributed by atoms with Gasteiger partial charge in [-0.3, -0.25) is 18.7 Å². The van der Waals surface area contributed by atoms with Crippen LogP contribution in [0.1, 0.15) is 55.1 Å². The van der Waals surface area contributed by atoms with E-state index in [2.05, 4.69) is 22.0 Å². The van der Waals surface area contributed by atoms with Crippen molar-refractivity contribution >= 4 is 11.4 Å². The molecule has 0 N–H and O–H groups in total. The summed E-state index contributed by atoms with van der Waals surface area (Å²) in [5, 5.41) is 8.37. The molecule has 4 aromatic rings. The molecule has 1 amide bonds. The Balaban J connectivity index is 1.40. The van der Waals surface area contributed by atoms with Crippen LogP contribution in [-0.2, 0) is 24.6 Å². The zero-order valence-electron chi connectivity index (χ0n) is 23.9. The van der Waals surface area contributed by atoms with Crippen LogP contribution in [0.2, 0.25) is 0 Å². The molecule has 12 heteroatoms. The van der Waals surface area contributed by atoms with E-state index in [1.165, 1.54) is 23.8 Å². The van der Waals surface area contributed by atoms with Crippen LogP contribution >= 0.6 is 0 Å². The van der Waals surface area contributed by atoms with Crippen LogP contribution in [0.15, 0.2) is 53.8 Å². The molecule has 0 radical (unpaired) electrons. The van der Waals surface area contributed by atoms with Gasteiger partial charge in [-0.25, -0.2) is 4.79 Å². The SMILES string of the molecule is CC(=O)N1CC([C@@H](c2cccc(-n3cc4c(C(F)(F)F)cc(CN5CCC[C@H](C)C5)cn4c3=O)c2)c2nncn2C)C1. The lowest BCUT2D eigenvalue weighted by molar-refractivity contribution is -0.137. The third-order valence-corrected chi connectivity index (χ3v) is 8.64. The molecule has 2 saturated heterocycles. The second-order valence-electron chi connectivity index (χ2n) is 11.8. The van der Waals surface area contributed by atoms with Gasteiger partial charge >= 0.3 is 11.9 Å². The number of hydrogen-bond acceptors (Lipinski definition) is 5. The number of carbonyl (C=O) groups is 1. The number of rotatable bonds is 6. The summed E-state index contributed by atoms with van der Waals surface area (Å²) in [4.78, 5) is 29.4. The number of nitrogens with zero attached hydrogens (tertiary/aromatic N) is 7. The standard InChI is InChI=1S/C30H34F3N7O2/c1-19-6-5-9-37(12-19)13-21-10-25(30(31,32)33)26-17-39(29(42)40(26)14-21)24-8-4-7-22(11-24)27(28-35-34-18-36(28)3)23-15-38(16-23)20(2)41/h4,7-8,10-11,14,17-19,23,27H,5-6,9,12-13,15-16H2,1-3H3/t19-,27+/m0/s1. The van der Waals surface area contributed by atoms with Crippen LogP contribution in [0.5, 0.6) is 0 Å². The number of fused-ring (bicyclic) bond motifs is 1. The third-order valence-electron chi connectivity index (χ3n) is 8.64. The van der Waals surface area contributed by atoms with Crippen molar-refractivity contribution in [2.75, 3.05) is 26.2 Å². The Morgan fingerprint density at radius 3 is 2.60 bits per heavy atom. The number of hydrogen-bond donors (Lipinski definition) is 0. The molecule has 3 aromatic heterocycles. The average molecular weight is 582 g/mol. The molecule has 0 spiro atoms. The lowest BCUT2D eigenvalue weighted by atomic mass is 9.80. The van der Waals surface area contributed by atoms with Crippen LogP contribution in [-0.4, -0.2) is 65.6 Å². The molecule has 9 nitrogen and oxygen atoms in total. The van der Waals surface area contributed by atoms with E-state index in [0.29, 0.717) is 42.6 Å². The Kier molecular flexibility index (Phi) is 7.20. The number of likely N-dealkylation sites (tertiary alicyclic amines) is 2. The van der Waals surface area contributed by atoms with Gasteiger partial charge in [0.2, 0.25) is 5.91 Å². The molecule has 2 atom stereocenters. The van der Waals surface area contributed by atoms with Crippen molar-refractivity contribution in [3.8, 4) is 5.69 Å². The quantitative estimate of drug-likeness (QED) is 0.343. The number of halogens is 3. The maximum absolute atomic E-state index is 14.3. The van der Waals surface area contributed by atoms with Crippen LogP contribution in [0.4, 0.5) is 13.2 Å². The summed E-state index contributed by atoms with van der Waals surface area (Å²) >= 11 is 0. The molecule has 2 aliphatic rings. The Morgan fingerprint density at radius 2 is 1.93 bits per heavy atom. The van der Waals surface area contributed by atoms with Crippen LogP contribution < -0.4 is 5.69 Å². The first kappa shape index (κ1) is 28.2. The highest BCUT2D eigenvalue weighted by molar-refractivity contribution is 5.74. The highest BCUT2D eigenvalue weighted by Gasteiger charge is 2.39. The molecule has 222 valence electrons. The fraction of sp³-hybridized carbons (Fsp3) is 0.467. The molecule has 0 aliphatic carbocycles. The minimum absolute atomic E-state index is 0.00148. The van der Waals surface area contributed by atoms with E-state index in [-0.39, 0.29) is 23.3 Å². The zero-order valence-corrected chi connectivity index (χ0v) is 23.9. The summed E-state index contributed by atoms with van der Waals surface area (Å²) < 4.78 is 47.1. The number of amides is 1. The Morgan fingerprint density at radius 1 is 1.14 bits per heavy atom. The zero-order chi connectivity index (χ0) is 29.8. The van der Waals surface area contributed by atoms with E-state index >= 15 is 0 Å². The fourth-order valence-corrected chi connectivity index (χ4v) is 6.49. The number of carbonyl (C=O) groups excluding carboxylic acids is 1. The Bertz CT molecular complexity index is 1680. The van der Waals surface area contributed by atoms with E-state index < -0.39 is 17.4 Å². The van der Waals surface area contributed by atoms with Gasteiger partial charge in [0, 0.05) is 58.5 Å². The van der Waals surface area contributed by atoms with Gasteiger partial charge in [-0.15, -0.1) is 10.2 Å². The van der Waals surface area contributed by atoms with E-state index in [4.69, 9.17) is 0 Å². The third kappa shape index (κ3) is 5.23. The molecule has 2 aliphatic heterocycles. The maximum atomic E-state index is 14.3. The van der Waals surface area contributed by atoms with Crippen LogP contribution in [0.25, 0.3) is 11.2 Å². The largest absolute Gasteiger partial charge is 0.418 e. The van der Waals surface area contributed by atoms with E-state index in [9.17, 15) is 22.8 Å². The van der Waals surface area contributed by atoms with Gasteiger partial charge in [0.25, 0.3) is 0 Å². The summed E-state index contributed by atoms with van der Waals surface area (Å²) in [5.74, 6) is 1.06. The van der Waals surface area contributed by atoms with Gasteiger partial charge in [-0.1, -0.05) is 19.1 Å². The highest BCUT2D eigenvalue weighted by Crippen LogP contribution is 2.38. The van der Waals surface area contributed by atoms with Gasteiger partial charge in [0.1, 0.15) is 12.2 Å². The van der Waals surface area contributed by atoms with Gasteiger partial charge in [0.15, 0.2) is 0 Å². The van der Waals surface area contributed by atoms with E-state index in [1.807, 2.05) is 23.7 Å². The van der Waals surface area contributed by atoms with Crippen LogP contribution in [0.3, 0.4) is 0 Å². The Hall–Kier alpha value is -3.93. The molecule has 2 fully saturated rings. The number of piperidine rings is 1. The van der Waals surface area contributed by atoms with Gasteiger partial charge in [0.05, 0.1) is 22.7 Å². The smallest absolute Gasteiger partial charge is 0.342 e. The first-order valence-corrected chi connectivity index (χ1v) is 14.3. The van der Waals surface area contributed by atoms with E-state index in [1.54, 1.807) is 29.6 Å². The highest BCUT2D eigenvalue weighted by atomic mass is 19.4. The molecule has 0 unspecified atom stereocenters. The minimum Gasteiger partial charge on any atom is -0.342 e.